The number of rotatable bonds is 4. The van der Waals surface area contributed by atoms with E-state index >= 15 is 0 Å². The van der Waals surface area contributed by atoms with Crippen LogP contribution in [-0.4, -0.2) is 28.0 Å². The fourth-order valence-electron chi connectivity index (χ4n) is 2.33. The van der Waals surface area contributed by atoms with Crippen molar-refractivity contribution in [3.05, 3.63) is 16.3 Å². The van der Waals surface area contributed by atoms with Crippen molar-refractivity contribution < 1.29 is 4.92 Å². The first-order valence-corrected chi connectivity index (χ1v) is 6.56. The topological polar surface area (TPSA) is 93.0 Å². The summed E-state index contributed by atoms with van der Waals surface area (Å²) in [4.78, 5) is 18.6. The summed E-state index contributed by atoms with van der Waals surface area (Å²) < 4.78 is 0. The van der Waals surface area contributed by atoms with E-state index in [0.29, 0.717) is 11.8 Å². The van der Waals surface area contributed by atoms with Gasteiger partial charge in [-0.05, 0) is 31.6 Å². The van der Waals surface area contributed by atoms with Crippen LogP contribution in [0, 0.1) is 16.0 Å². The molecule has 0 atom stereocenters. The highest BCUT2D eigenvalue weighted by atomic mass is 16.6. The SMILES string of the molecule is CNc1ncc([N+](=O)[O-])c(NC2CCC(C)CC2)n1. The van der Waals surface area contributed by atoms with E-state index in [1.54, 1.807) is 7.05 Å². The van der Waals surface area contributed by atoms with Crippen molar-refractivity contribution in [2.75, 3.05) is 17.7 Å². The number of aromatic nitrogens is 2. The Morgan fingerprint density at radius 3 is 2.63 bits per heavy atom. The third-order valence-electron chi connectivity index (χ3n) is 3.55. The molecule has 1 fully saturated rings. The third-order valence-corrected chi connectivity index (χ3v) is 3.55. The van der Waals surface area contributed by atoms with Crippen molar-refractivity contribution in [3.8, 4) is 0 Å². The predicted octanol–water partition coefficient (Wildman–Crippen LogP) is 2.42. The van der Waals surface area contributed by atoms with E-state index in [4.69, 9.17) is 0 Å². The van der Waals surface area contributed by atoms with Crippen LogP contribution in [0.15, 0.2) is 6.20 Å². The van der Waals surface area contributed by atoms with Crippen LogP contribution in [-0.2, 0) is 0 Å². The summed E-state index contributed by atoms with van der Waals surface area (Å²) in [5.74, 6) is 1.44. The molecule has 2 N–H and O–H groups in total. The number of nitrogens with one attached hydrogen (secondary N) is 2. The number of anilines is 2. The minimum Gasteiger partial charge on any atom is -0.361 e. The second-order valence-corrected chi connectivity index (χ2v) is 5.04. The molecule has 0 bridgehead atoms. The van der Waals surface area contributed by atoms with E-state index < -0.39 is 4.92 Å². The second-order valence-electron chi connectivity index (χ2n) is 5.04. The molecule has 1 aromatic rings. The van der Waals surface area contributed by atoms with Gasteiger partial charge in [0.2, 0.25) is 11.8 Å². The molecule has 104 valence electrons. The second kappa shape index (κ2) is 5.81. The van der Waals surface area contributed by atoms with Crippen molar-refractivity contribution >= 4 is 17.5 Å². The van der Waals surface area contributed by atoms with Gasteiger partial charge in [-0.1, -0.05) is 6.92 Å². The standard InChI is InChI=1S/C12H19N5O2/c1-8-3-5-9(6-4-8)15-11-10(17(18)19)7-14-12(13-2)16-11/h7-9H,3-6H2,1-2H3,(H2,13,14,15,16). The molecule has 19 heavy (non-hydrogen) atoms. The van der Waals surface area contributed by atoms with Gasteiger partial charge in [0.25, 0.3) is 0 Å². The Bertz CT molecular complexity index is 457. The summed E-state index contributed by atoms with van der Waals surface area (Å²) in [7, 11) is 1.69. The molecule has 1 aromatic heterocycles. The first-order chi connectivity index (χ1) is 9.10. The lowest BCUT2D eigenvalue weighted by atomic mass is 9.87. The molecule has 0 aromatic carbocycles. The average Bonchev–Trinajstić information content (AvgIpc) is 2.41. The smallest absolute Gasteiger partial charge is 0.329 e. The van der Waals surface area contributed by atoms with Gasteiger partial charge in [0.15, 0.2) is 0 Å². The molecule has 0 radical (unpaired) electrons. The van der Waals surface area contributed by atoms with Crippen molar-refractivity contribution in [2.24, 2.45) is 5.92 Å². The van der Waals surface area contributed by atoms with E-state index in [9.17, 15) is 10.1 Å². The Morgan fingerprint density at radius 2 is 2.05 bits per heavy atom. The van der Waals surface area contributed by atoms with Gasteiger partial charge in [-0.15, -0.1) is 0 Å². The maximum Gasteiger partial charge on any atom is 0.329 e. The Balaban J connectivity index is 2.15. The highest BCUT2D eigenvalue weighted by Gasteiger charge is 2.23. The Morgan fingerprint density at radius 1 is 1.37 bits per heavy atom. The molecule has 1 saturated carbocycles. The minimum atomic E-state index is -0.451. The number of nitrogens with zero attached hydrogens (tertiary/aromatic N) is 3. The zero-order valence-corrected chi connectivity index (χ0v) is 11.2. The van der Waals surface area contributed by atoms with Crippen molar-refractivity contribution in [3.63, 3.8) is 0 Å². The molecule has 0 amide bonds. The molecular formula is C12H19N5O2. The zero-order valence-electron chi connectivity index (χ0n) is 11.2. The summed E-state index contributed by atoms with van der Waals surface area (Å²) in [6, 6.07) is 0.259. The highest BCUT2D eigenvalue weighted by Crippen LogP contribution is 2.29. The van der Waals surface area contributed by atoms with Crippen LogP contribution in [0.1, 0.15) is 32.6 Å². The first kappa shape index (κ1) is 13.5. The molecule has 2 rings (SSSR count). The van der Waals surface area contributed by atoms with Crippen molar-refractivity contribution in [1.29, 1.82) is 0 Å². The summed E-state index contributed by atoms with van der Waals surface area (Å²) in [6.07, 6.45) is 5.59. The zero-order chi connectivity index (χ0) is 13.8. The van der Waals surface area contributed by atoms with E-state index in [1.807, 2.05) is 0 Å². The summed E-state index contributed by atoms with van der Waals surface area (Å²) in [5, 5.41) is 17.0. The molecule has 0 saturated heterocycles. The van der Waals surface area contributed by atoms with Crippen LogP contribution in [0.4, 0.5) is 17.5 Å². The molecule has 7 heteroatoms. The summed E-state index contributed by atoms with van der Waals surface area (Å²) in [6.45, 7) is 2.24. The molecule has 0 unspecified atom stereocenters. The molecule has 1 heterocycles. The van der Waals surface area contributed by atoms with E-state index in [-0.39, 0.29) is 11.7 Å². The maximum atomic E-state index is 11.0. The van der Waals surface area contributed by atoms with Crippen LogP contribution in [0.25, 0.3) is 0 Å². The van der Waals surface area contributed by atoms with Crippen LogP contribution >= 0.6 is 0 Å². The van der Waals surface area contributed by atoms with E-state index in [1.165, 1.54) is 6.20 Å². The molecule has 1 aliphatic carbocycles. The third kappa shape index (κ3) is 3.30. The Labute approximate surface area is 112 Å². The van der Waals surface area contributed by atoms with Crippen LogP contribution in [0.2, 0.25) is 0 Å². The molecule has 0 aliphatic heterocycles. The fraction of sp³-hybridized carbons (Fsp3) is 0.667. The van der Waals surface area contributed by atoms with Gasteiger partial charge in [0, 0.05) is 13.1 Å². The number of hydrogen-bond acceptors (Lipinski definition) is 6. The fourth-order valence-corrected chi connectivity index (χ4v) is 2.33. The predicted molar refractivity (Wildman–Crippen MR) is 73.3 cm³/mol. The Hall–Kier alpha value is -1.92. The van der Waals surface area contributed by atoms with Gasteiger partial charge in [0.05, 0.1) is 4.92 Å². The quantitative estimate of drug-likeness (QED) is 0.641. The summed E-state index contributed by atoms with van der Waals surface area (Å²) in [5.41, 5.74) is -0.0716. The lowest BCUT2D eigenvalue weighted by Gasteiger charge is -2.27. The van der Waals surface area contributed by atoms with Crippen LogP contribution < -0.4 is 10.6 Å². The van der Waals surface area contributed by atoms with Crippen LogP contribution in [0.5, 0.6) is 0 Å². The summed E-state index contributed by atoms with van der Waals surface area (Å²) >= 11 is 0. The van der Waals surface area contributed by atoms with Gasteiger partial charge in [-0.2, -0.15) is 4.98 Å². The lowest BCUT2D eigenvalue weighted by molar-refractivity contribution is -0.384. The van der Waals surface area contributed by atoms with Crippen molar-refractivity contribution in [1.82, 2.24) is 9.97 Å². The molecule has 0 spiro atoms. The minimum absolute atomic E-state index is 0.0716. The lowest BCUT2D eigenvalue weighted by Crippen LogP contribution is -2.26. The van der Waals surface area contributed by atoms with Gasteiger partial charge in [-0.3, -0.25) is 10.1 Å². The van der Waals surface area contributed by atoms with Gasteiger partial charge in [0.1, 0.15) is 6.20 Å². The number of nitro groups is 1. The largest absolute Gasteiger partial charge is 0.361 e. The van der Waals surface area contributed by atoms with E-state index in [2.05, 4.69) is 27.5 Å². The maximum absolute atomic E-state index is 11.0. The average molecular weight is 265 g/mol. The molecule has 7 nitrogen and oxygen atoms in total. The number of hydrogen-bond donors (Lipinski definition) is 2. The van der Waals surface area contributed by atoms with Crippen molar-refractivity contribution in [2.45, 2.75) is 38.6 Å². The van der Waals surface area contributed by atoms with Crippen LogP contribution in [0.3, 0.4) is 0 Å². The van der Waals surface area contributed by atoms with Gasteiger partial charge in [-0.25, -0.2) is 4.98 Å². The first-order valence-electron chi connectivity index (χ1n) is 6.56. The monoisotopic (exact) mass is 265 g/mol. The van der Waals surface area contributed by atoms with Gasteiger partial charge >= 0.3 is 5.69 Å². The van der Waals surface area contributed by atoms with Gasteiger partial charge < -0.3 is 10.6 Å². The molecular weight excluding hydrogens is 246 g/mol. The molecule has 1 aliphatic rings. The Kier molecular flexibility index (Phi) is 4.13. The highest BCUT2D eigenvalue weighted by molar-refractivity contribution is 5.57. The normalized spacial score (nSPS) is 22.8. The van der Waals surface area contributed by atoms with E-state index in [0.717, 1.165) is 31.6 Å².